The molecule has 0 spiro atoms. The normalized spacial score (nSPS) is 20.2. The molecule has 6 heteroatoms. The highest BCUT2D eigenvalue weighted by Crippen LogP contribution is 2.31. The molecule has 1 aromatic rings. The zero-order chi connectivity index (χ0) is 13.3. The molecule has 2 rings (SSSR count). The van der Waals surface area contributed by atoms with Crippen LogP contribution in [0.15, 0.2) is 10.7 Å². The zero-order valence-corrected chi connectivity index (χ0v) is 12.5. The number of carbonyl (C=O) groups excluding carboxylic acids is 1. The second-order valence-electron chi connectivity index (χ2n) is 5.54. The van der Waals surface area contributed by atoms with Gasteiger partial charge < -0.3 is 9.64 Å². The van der Waals surface area contributed by atoms with Crippen LogP contribution in [-0.4, -0.2) is 39.9 Å². The molecule has 18 heavy (non-hydrogen) atoms. The van der Waals surface area contributed by atoms with Gasteiger partial charge in [0.1, 0.15) is 5.60 Å². The summed E-state index contributed by atoms with van der Waals surface area (Å²) < 4.78 is 6.34. The molecule has 0 aliphatic carbocycles. The van der Waals surface area contributed by atoms with Crippen molar-refractivity contribution in [2.45, 2.75) is 38.7 Å². The van der Waals surface area contributed by atoms with Gasteiger partial charge >= 0.3 is 6.09 Å². The molecule has 0 aromatic carbocycles. The van der Waals surface area contributed by atoms with Gasteiger partial charge in [0.2, 0.25) is 0 Å². The predicted octanol–water partition coefficient (Wildman–Crippen LogP) is 2.90. The van der Waals surface area contributed by atoms with Crippen molar-refractivity contribution in [2.75, 3.05) is 13.1 Å². The standard InChI is InChI=1S/C12H18BrN3O2/c1-12(2,3)18-11(17)16-5-4-8(7-16)10-9(13)6-14-15-10/h6,8H,4-5,7H2,1-3H3,(H,14,15). The number of rotatable bonds is 1. The average molecular weight is 316 g/mol. The molecule has 100 valence electrons. The molecule has 1 aliphatic heterocycles. The number of H-pyrrole nitrogens is 1. The van der Waals surface area contributed by atoms with E-state index in [4.69, 9.17) is 4.74 Å². The van der Waals surface area contributed by atoms with Crippen molar-refractivity contribution in [3.63, 3.8) is 0 Å². The van der Waals surface area contributed by atoms with Gasteiger partial charge in [-0.1, -0.05) is 0 Å². The second-order valence-corrected chi connectivity index (χ2v) is 6.40. The van der Waals surface area contributed by atoms with Crippen LogP contribution in [0.3, 0.4) is 0 Å². The number of hydrogen-bond acceptors (Lipinski definition) is 3. The monoisotopic (exact) mass is 315 g/mol. The molecule has 0 bridgehead atoms. The van der Waals surface area contributed by atoms with E-state index in [0.29, 0.717) is 12.5 Å². The fraction of sp³-hybridized carbons (Fsp3) is 0.667. The van der Waals surface area contributed by atoms with Crippen molar-refractivity contribution in [1.82, 2.24) is 15.1 Å². The summed E-state index contributed by atoms with van der Waals surface area (Å²) in [7, 11) is 0. The largest absolute Gasteiger partial charge is 0.444 e. The molecule has 1 N–H and O–H groups in total. The van der Waals surface area contributed by atoms with Crippen molar-refractivity contribution in [3.05, 3.63) is 16.4 Å². The molecule has 2 heterocycles. The Morgan fingerprint density at radius 3 is 2.89 bits per heavy atom. The summed E-state index contributed by atoms with van der Waals surface area (Å²) in [5.41, 5.74) is 0.616. The van der Waals surface area contributed by atoms with Crippen LogP contribution >= 0.6 is 15.9 Å². The highest BCUT2D eigenvalue weighted by Gasteiger charge is 2.31. The Labute approximate surface area is 115 Å². The van der Waals surface area contributed by atoms with Crippen LogP contribution in [0.2, 0.25) is 0 Å². The van der Waals surface area contributed by atoms with Crippen molar-refractivity contribution < 1.29 is 9.53 Å². The molecule has 1 saturated heterocycles. The lowest BCUT2D eigenvalue weighted by Gasteiger charge is -2.24. The van der Waals surface area contributed by atoms with E-state index in [1.54, 1.807) is 11.1 Å². The zero-order valence-electron chi connectivity index (χ0n) is 10.9. The highest BCUT2D eigenvalue weighted by molar-refractivity contribution is 9.10. The van der Waals surface area contributed by atoms with Crippen molar-refractivity contribution in [1.29, 1.82) is 0 Å². The van der Waals surface area contributed by atoms with Gasteiger partial charge in [-0.15, -0.1) is 0 Å². The summed E-state index contributed by atoms with van der Waals surface area (Å²) >= 11 is 3.45. The van der Waals surface area contributed by atoms with Crippen molar-refractivity contribution in [3.8, 4) is 0 Å². The first-order chi connectivity index (χ1) is 8.37. The number of likely N-dealkylation sites (tertiary alicyclic amines) is 1. The summed E-state index contributed by atoms with van der Waals surface area (Å²) in [4.78, 5) is 13.7. The van der Waals surface area contributed by atoms with Gasteiger partial charge in [-0.25, -0.2) is 4.79 Å². The Morgan fingerprint density at radius 1 is 1.61 bits per heavy atom. The summed E-state index contributed by atoms with van der Waals surface area (Å²) in [6, 6.07) is 0. The number of carbonyl (C=O) groups is 1. The lowest BCUT2D eigenvalue weighted by Crippen LogP contribution is -2.35. The molecule has 1 aromatic heterocycles. The Balaban J connectivity index is 1.97. The third-order valence-electron chi connectivity index (χ3n) is 2.87. The second kappa shape index (κ2) is 4.91. The minimum absolute atomic E-state index is 0.236. The van der Waals surface area contributed by atoms with Crippen LogP contribution in [0.1, 0.15) is 38.8 Å². The molecular weight excluding hydrogens is 298 g/mol. The summed E-state index contributed by atoms with van der Waals surface area (Å²) in [6.45, 7) is 7.04. The van der Waals surface area contributed by atoms with Crippen LogP contribution in [0, 0.1) is 0 Å². The number of amides is 1. The minimum atomic E-state index is -0.441. The Kier molecular flexibility index (Phi) is 3.66. The van der Waals surface area contributed by atoms with Gasteiger partial charge in [-0.05, 0) is 43.1 Å². The molecule has 0 saturated carbocycles. The van der Waals surface area contributed by atoms with Gasteiger partial charge in [-0.3, -0.25) is 5.10 Å². The maximum atomic E-state index is 11.9. The fourth-order valence-electron chi connectivity index (χ4n) is 2.06. The van der Waals surface area contributed by atoms with E-state index in [1.165, 1.54) is 0 Å². The SMILES string of the molecule is CC(C)(C)OC(=O)N1CCC(c2[nH]ncc2Br)C1. The Bertz CT molecular complexity index is 439. The molecular formula is C12H18BrN3O2. The number of nitrogens with one attached hydrogen (secondary N) is 1. The first-order valence-corrected chi connectivity index (χ1v) is 6.83. The average Bonchev–Trinajstić information content (AvgIpc) is 2.82. The number of nitrogens with zero attached hydrogens (tertiary/aromatic N) is 2. The Hall–Kier alpha value is -1.04. The van der Waals surface area contributed by atoms with Crippen LogP contribution in [-0.2, 0) is 4.74 Å². The van der Waals surface area contributed by atoms with Gasteiger partial charge in [0.25, 0.3) is 0 Å². The van der Waals surface area contributed by atoms with Crippen LogP contribution < -0.4 is 0 Å². The van der Waals surface area contributed by atoms with Gasteiger partial charge in [0, 0.05) is 19.0 Å². The Morgan fingerprint density at radius 2 is 2.33 bits per heavy atom. The number of ether oxygens (including phenoxy) is 1. The van der Waals surface area contributed by atoms with Crippen molar-refractivity contribution in [2.24, 2.45) is 0 Å². The smallest absolute Gasteiger partial charge is 0.410 e. The van der Waals surface area contributed by atoms with E-state index < -0.39 is 5.60 Å². The molecule has 1 amide bonds. The maximum absolute atomic E-state index is 11.9. The predicted molar refractivity (Wildman–Crippen MR) is 71.5 cm³/mol. The van der Waals surface area contributed by atoms with E-state index in [9.17, 15) is 4.79 Å². The lowest BCUT2D eigenvalue weighted by molar-refractivity contribution is 0.0292. The third-order valence-corrected chi connectivity index (χ3v) is 3.50. The summed E-state index contributed by atoms with van der Waals surface area (Å²) in [5, 5.41) is 6.97. The number of halogens is 1. The molecule has 5 nitrogen and oxygen atoms in total. The first kappa shape index (κ1) is 13.4. The van der Waals surface area contributed by atoms with E-state index in [2.05, 4.69) is 26.1 Å². The van der Waals surface area contributed by atoms with E-state index in [-0.39, 0.29) is 6.09 Å². The van der Waals surface area contributed by atoms with Gasteiger partial charge in [0.05, 0.1) is 16.4 Å². The number of hydrogen-bond donors (Lipinski definition) is 1. The minimum Gasteiger partial charge on any atom is -0.444 e. The topological polar surface area (TPSA) is 58.2 Å². The van der Waals surface area contributed by atoms with Crippen LogP contribution in [0.4, 0.5) is 4.79 Å². The van der Waals surface area contributed by atoms with E-state index in [0.717, 1.165) is 23.1 Å². The number of aromatic nitrogens is 2. The van der Waals surface area contributed by atoms with E-state index >= 15 is 0 Å². The van der Waals surface area contributed by atoms with Gasteiger partial charge in [0.15, 0.2) is 0 Å². The molecule has 1 atom stereocenters. The molecule has 1 fully saturated rings. The fourth-order valence-corrected chi connectivity index (χ4v) is 2.57. The number of aromatic amines is 1. The van der Waals surface area contributed by atoms with Gasteiger partial charge in [-0.2, -0.15) is 5.10 Å². The molecule has 0 radical (unpaired) electrons. The lowest BCUT2D eigenvalue weighted by atomic mass is 10.1. The summed E-state index contributed by atoms with van der Waals surface area (Å²) in [5.74, 6) is 0.300. The molecule has 1 unspecified atom stereocenters. The maximum Gasteiger partial charge on any atom is 0.410 e. The van der Waals surface area contributed by atoms with Crippen LogP contribution in [0.25, 0.3) is 0 Å². The summed E-state index contributed by atoms with van der Waals surface area (Å²) in [6.07, 6.45) is 2.44. The molecule has 1 aliphatic rings. The third kappa shape index (κ3) is 3.04. The quantitative estimate of drug-likeness (QED) is 0.867. The van der Waals surface area contributed by atoms with E-state index in [1.807, 2.05) is 20.8 Å². The first-order valence-electron chi connectivity index (χ1n) is 6.03. The van der Waals surface area contributed by atoms with Crippen LogP contribution in [0.5, 0.6) is 0 Å². The highest BCUT2D eigenvalue weighted by atomic mass is 79.9. The van der Waals surface area contributed by atoms with Crippen molar-refractivity contribution >= 4 is 22.0 Å².